The molecule has 1 aliphatic rings. The van der Waals surface area contributed by atoms with E-state index < -0.39 is 17.4 Å². The maximum Gasteiger partial charge on any atom is 0.325 e. The van der Waals surface area contributed by atoms with Gasteiger partial charge in [-0.15, -0.1) is 0 Å². The van der Waals surface area contributed by atoms with Crippen LogP contribution in [0, 0.1) is 12.3 Å². The highest BCUT2D eigenvalue weighted by Crippen LogP contribution is 2.41. The molecule has 0 saturated carbocycles. The lowest BCUT2D eigenvalue weighted by Crippen LogP contribution is -2.49. The number of benzene rings is 1. The van der Waals surface area contributed by atoms with E-state index in [4.69, 9.17) is 18.3 Å². The summed E-state index contributed by atoms with van der Waals surface area (Å²) in [6, 6.07) is 3.59. The van der Waals surface area contributed by atoms with Crippen molar-refractivity contribution in [3.8, 4) is 11.5 Å². The quantitative estimate of drug-likeness (QED) is 0.535. The lowest BCUT2D eigenvalue weighted by atomic mass is 9.85. The molecule has 0 aromatic heterocycles. The summed E-state index contributed by atoms with van der Waals surface area (Å²) in [5.41, 5.74) is 1.21. The fraction of sp³-hybridized carbons (Fsp3) is 0.696. The van der Waals surface area contributed by atoms with Crippen LogP contribution in [-0.2, 0) is 8.85 Å². The maximum absolute atomic E-state index is 13.0. The van der Waals surface area contributed by atoms with Crippen LogP contribution in [0.1, 0.15) is 57.5 Å². The van der Waals surface area contributed by atoms with Crippen molar-refractivity contribution in [3.05, 3.63) is 23.3 Å². The molecule has 5 nitrogen and oxygen atoms in total. The molecule has 1 heterocycles. The summed E-state index contributed by atoms with van der Waals surface area (Å²) >= 11 is 0. The lowest BCUT2D eigenvalue weighted by molar-refractivity contribution is -0.0477. The van der Waals surface area contributed by atoms with Crippen molar-refractivity contribution < 1.29 is 23.1 Å². The Morgan fingerprint density at radius 2 is 1.77 bits per heavy atom. The smallest absolute Gasteiger partial charge is 0.325 e. The maximum atomic E-state index is 13.0. The van der Waals surface area contributed by atoms with Crippen LogP contribution < -0.4 is 9.47 Å². The van der Waals surface area contributed by atoms with E-state index in [1.807, 2.05) is 13.0 Å². The normalized spacial score (nSPS) is 18.3. The Bertz CT molecular complexity index is 775. The first kappa shape index (κ1) is 24.9. The molecule has 2 unspecified atom stereocenters. The van der Waals surface area contributed by atoms with Crippen LogP contribution in [0.4, 0.5) is 0 Å². The van der Waals surface area contributed by atoms with E-state index in [-0.39, 0.29) is 28.6 Å². The molecule has 30 heavy (non-hydrogen) atoms. The van der Waals surface area contributed by atoms with Crippen molar-refractivity contribution in [2.75, 3.05) is 6.61 Å². The number of carbonyl (C=O) groups excluding carboxylic acids is 1. The van der Waals surface area contributed by atoms with E-state index >= 15 is 0 Å². The van der Waals surface area contributed by atoms with Gasteiger partial charge in [0.05, 0.1) is 11.7 Å². The molecule has 0 radical (unpaired) electrons. The highest BCUT2D eigenvalue weighted by molar-refractivity contribution is 6.75. The Morgan fingerprint density at radius 3 is 2.27 bits per heavy atom. The van der Waals surface area contributed by atoms with Crippen molar-refractivity contribution in [2.24, 2.45) is 5.41 Å². The van der Waals surface area contributed by atoms with E-state index in [0.29, 0.717) is 23.7 Å². The first-order valence-electron chi connectivity index (χ1n) is 10.9. The molecule has 1 aromatic rings. The van der Waals surface area contributed by atoms with E-state index in [9.17, 15) is 4.79 Å². The van der Waals surface area contributed by atoms with Crippen LogP contribution in [0.15, 0.2) is 12.1 Å². The summed E-state index contributed by atoms with van der Waals surface area (Å²) in [5, 5.41) is -0.0481. The molecular formula is C23H40O5Si2. The molecule has 1 aromatic carbocycles. The Morgan fingerprint density at radius 1 is 1.17 bits per heavy atom. The van der Waals surface area contributed by atoms with Crippen LogP contribution in [0.25, 0.3) is 0 Å². The standard InChI is InChI=1S/C23H40O5Si2/c1-15-16(21(24)28-30(10,11)23(5,6)7)12-13-17-19(15)26-18(14-25-17)20(22(2,3)4)27-29(8)9/h12-13,18,20,29H,14H2,1-11H3. The first-order chi connectivity index (χ1) is 13.5. The third-order valence-electron chi connectivity index (χ3n) is 6.03. The van der Waals surface area contributed by atoms with Gasteiger partial charge >= 0.3 is 5.97 Å². The fourth-order valence-corrected chi connectivity index (χ4v) is 5.29. The van der Waals surface area contributed by atoms with E-state index in [2.05, 4.69) is 67.7 Å². The van der Waals surface area contributed by atoms with Crippen molar-refractivity contribution >= 4 is 23.3 Å². The van der Waals surface area contributed by atoms with Crippen LogP contribution >= 0.6 is 0 Å². The zero-order valence-electron chi connectivity index (χ0n) is 20.6. The lowest BCUT2D eigenvalue weighted by Gasteiger charge is -2.40. The Labute approximate surface area is 185 Å². The third kappa shape index (κ3) is 5.48. The molecule has 0 spiro atoms. The molecule has 1 aliphatic heterocycles. The number of rotatable bonds is 5. The number of hydrogen-bond acceptors (Lipinski definition) is 5. The van der Waals surface area contributed by atoms with Gasteiger partial charge in [-0.1, -0.05) is 41.5 Å². The van der Waals surface area contributed by atoms with Crippen LogP contribution in [-0.4, -0.2) is 42.1 Å². The number of fused-ring (bicyclic) bond motifs is 1. The molecule has 170 valence electrons. The fourth-order valence-electron chi connectivity index (χ4n) is 3.24. The molecule has 2 rings (SSSR count). The number of hydrogen-bond donors (Lipinski definition) is 0. The second kappa shape index (κ2) is 8.67. The van der Waals surface area contributed by atoms with Gasteiger partial charge < -0.3 is 18.3 Å². The van der Waals surface area contributed by atoms with E-state index in [0.717, 1.165) is 5.56 Å². The number of carbonyl (C=O) groups is 1. The molecule has 0 aliphatic carbocycles. The van der Waals surface area contributed by atoms with Gasteiger partial charge in [0.15, 0.2) is 26.6 Å². The molecule has 0 N–H and O–H groups in total. The summed E-state index contributed by atoms with van der Waals surface area (Å²) in [7, 11) is -3.49. The summed E-state index contributed by atoms with van der Waals surface area (Å²) in [6.07, 6.45) is -0.308. The van der Waals surface area contributed by atoms with E-state index in [1.54, 1.807) is 6.07 Å². The largest absolute Gasteiger partial charge is 0.516 e. The van der Waals surface area contributed by atoms with Gasteiger partial charge in [0.2, 0.25) is 0 Å². The van der Waals surface area contributed by atoms with Crippen molar-refractivity contribution in [1.29, 1.82) is 0 Å². The second-order valence-corrected chi connectivity index (χ2v) is 18.2. The van der Waals surface area contributed by atoms with Gasteiger partial charge in [0.25, 0.3) is 8.32 Å². The van der Waals surface area contributed by atoms with Crippen molar-refractivity contribution in [3.63, 3.8) is 0 Å². The van der Waals surface area contributed by atoms with Crippen LogP contribution in [0.3, 0.4) is 0 Å². The number of ether oxygens (including phenoxy) is 2. The topological polar surface area (TPSA) is 54.0 Å². The summed E-state index contributed by atoms with van der Waals surface area (Å²) in [6.45, 7) is 23.7. The predicted octanol–water partition coefficient (Wildman–Crippen LogP) is 5.71. The molecule has 0 fully saturated rings. The van der Waals surface area contributed by atoms with Crippen LogP contribution in [0.5, 0.6) is 11.5 Å². The van der Waals surface area contributed by atoms with Gasteiger partial charge in [-0.3, -0.25) is 0 Å². The SMILES string of the molecule is Cc1c(C(=O)O[Si](C)(C)C(C)(C)C)ccc2c1OC(C(O[SiH](C)C)C(C)(C)C)CO2. The third-order valence-corrected chi connectivity index (χ3v) is 11.2. The summed E-state index contributed by atoms with van der Waals surface area (Å²) in [5.74, 6) is 1.01. The van der Waals surface area contributed by atoms with Crippen LogP contribution in [0.2, 0.25) is 31.2 Å². The zero-order chi connectivity index (χ0) is 23.1. The average molecular weight is 453 g/mol. The average Bonchev–Trinajstić information content (AvgIpc) is 2.57. The zero-order valence-corrected chi connectivity index (χ0v) is 22.8. The molecule has 7 heteroatoms. The molecule has 2 atom stereocenters. The molecule has 0 bridgehead atoms. The molecule has 0 amide bonds. The van der Waals surface area contributed by atoms with Gasteiger partial charge in [-0.2, -0.15) is 0 Å². The predicted molar refractivity (Wildman–Crippen MR) is 127 cm³/mol. The first-order valence-corrected chi connectivity index (χ1v) is 16.6. The van der Waals surface area contributed by atoms with Gasteiger partial charge in [0.1, 0.15) is 6.61 Å². The second-order valence-electron chi connectivity index (χ2n) is 11.2. The monoisotopic (exact) mass is 452 g/mol. The molecular weight excluding hydrogens is 412 g/mol. The van der Waals surface area contributed by atoms with Crippen molar-refractivity contribution in [1.82, 2.24) is 0 Å². The Hall–Kier alpha value is -1.32. The van der Waals surface area contributed by atoms with E-state index in [1.165, 1.54) is 0 Å². The summed E-state index contributed by atoms with van der Waals surface area (Å²) in [4.78, 5) is 13.0. The minimum absolute atomic E-state index is 0.0481. The highest BCUT2D eigenvalue weighted by atomic mass is 28.4. The minimum Gasteiger partial charge on any atom is -0.516 e. The van der Waals surface area contributed by atoms with Gasteiger partial charge in [0, 0.05) is 5.56 Å². The van der Waals surface area contributed by atoms with Gasteiger partial charge in [-0.25, -0.2) is 4.79 Å². The summed E-state index contributed by atoms with van der Waals surface area (Å²) < 4.78 is 24.8. The minimum atomic E-state index is -2.22. The highest BCUT2D eigenvalue weighted by Gasteiger charge is 2.42. The van der Waals surface area contributed by atoms with Gasteiger partial charge in [-0.05, 0) is 55.7 Å². The van der Waals surface area contributed by atoms with Crippen molar-refractivity contribution in [2.45, 2.75) is 91.9 Å². The molecule has 0 saturated heterocycles. The Balaban J connectivity index is 2.33. The Kier molecular flexibility index (Phi) is 7.21.